The molecule has 1 saturated carbocycles. The van der Waals surface area contributed by atoms with Gasteiger partial charge in [-0.2, -0.15) is 4.72 Å². The van der Waals surface area contributed by atoms with Crippen molar-refractivity contribution in [3.8, 4) is 5.88 Å². The summed E-state index contributed by atoms with van der Waals surface area (Å²) in [6.45, 7) is 0. The molecule has 7 nitrogen and oxygen atoms in total. The summed E-state index contributed by atoms with van der Waals surface area (Å²) in [6, 6.07) is 6.92. The second kappa shape index (κ2) is 7.41. The highest BCUT2D eigenvalue weighted by atomic mass is 35.5. The molecule has 2 aromatic rings. The normalized spacial score (nSPS) is 15.2. The maximum Gasteiger partial charge on any atom is 0.245 e. The average Bonchev–Trinajstić information content (AvgIpc) is 3.38. The fourth-order valence-electron chi connectivity index (χ4n) is 2.50. The van der Waals surface area contributed by atoms with Crippen LogP contribution >= 0.6 is 11.6 Å². The van der Waals surface area contributed by atoms with Crippen LogP contribution < -0.4 is 14.8 Å². The number of amides is 1. The van der Waals surface area contributed by atoms with Crippen molar-refractivity contribution in [1.29, 1.82) is 0 Å². The summed E-state index contributed by atoms with van der Waals surface area (Å²) in [5.74, 6) is -1.41. The monoisotopic (exact) mass is 413 g/mol. The molecule has 1 heterocycles. The van der Waals surface area contributed by atoms with Gasteiger partial charge in [-0.1, -0.05) is 17.7 Å². The zero-order valence-electron chi connectivity index (χ0n) is 14.3. The van der Waals surface area contributed by atoms with Crippen molar-refractivity contribution < 1.29 is 22.3 Å². The van der Waals surface area contributed by atoms with E-state index in [1.54, 1.807) is 12.1 Å². The van der Waals surface area contributed by atoms with Crippen molar-refractivity contribution in [2.75, 3.05) is 12.4 Å². The molecule has 1 aliphatic rings. The molecule has 0 saturated heterocycles. The fourth-order valence-corrected chi connectivity index (χ4v) is 4.27. The Morgan fingerprint density at radius 3 is 2.63 bits per heavy atom. The molecule has 1 aliphatic carbocycles. The molecule has 0 aliphatic heterocycles. The van der Waals surface area contributed by atoms with Crippen LogP contribution in [0.3, 0.4) is 0 Å². The van der Waals surface area contributed by atoms with Crippen molar-refractivity contribution in [3.63, 3.8) is 0 Å². The molecule has 0 bridgehead atoms. The number of carbonyl (C=O) groups excluding carboxylic acids is 1. The number of methoxy groups -OCH3 is 1. The third kappa shape index (κ3) is 4.74. The number of carbonyl (C=O) groups is 1. The minimum Gasteiger partial charge on any atom is -0.481 e. The van der Waals surface area contributed by atoms with Gasteiger partial charge in [0.05, 0.1) is 24.7 Å². The van der Waals surface area contributed by atoms with Gasteiger partial charge >= 0.3 is 0 Å². The van der Waals surface area contributed by atoms with Crippen LogP contribution in [0.15, 0.2) is 36.5 Å². The summed E-state index contributed by atoms with van der Waals surface area (Å²) >= 11 is 5.67. The Labute approximate surface area is 160 Å². The number of hydrogen-bond donors (Lipinski definition) is 2. The summed E-state index contributed by atoms with van der Waals surface area (Å²) in [5.41, 5.74) is -0.848. The van der Waals surface area contributed by atoms with Crippen LogP contribution in [0, 0.1) is 5.82 Å². The lowest BCUT2D eigenvalue weighted by molar-refractivity contribution is -0.118. The number of benzene rings is 1. The van der Waals surface area contributed by atoms with E-state index in [1.807, 2.05) is 0 Å². The molecule has 0 radical (unpaired) electrons. The van der Waals surface area contributed by atoms with Crippen molar-refractivity contribution in [2.45, 2.75) is 24.1 Å². The number of rotatable bonds is 7. The first-order chi connectivity index (χ1) is 12.7. The Morgan fingerprint density at radius 2 is 2.07 bits per heavy atom. The lowest BCUT2D eigenvalue weighted by Crippen LogP contribution is -2.46. The lowest BCUT2D eigenvalue weighted by Gasteiger charge is -2.17. The molecular formula is C17H17ClFN3O4S. The Balaban J connectivity index is 1.68. The molecule has 1 amide bonds. The number of nitrogens with one attached hydrogen (secondary N) is 2. The smallest absolute Gasteiger partial charge is 0.245 e. The molecule has 27 heavy (non-hydrogen) atoms. The second-order valence-corrected chi connectivity index (χ2v) is 8.38. The van der Waals surface area contributed by atoms with E-state index in [1.165, 1.54) is 25.4 Å². The number of pyridine rings is 1. The molecule has 0 atom stereocenters. The highest BCUT2D eigenvalue weighted by Gasteiger charge is 2.52. The lowest BCUT2D eigenvalue weighted by atomic mass is 10.2. The van der Waals surface area contributed by atoms with Crippen molar-refractivity contribution in [1.82, 2.24) is 9.71 Å². The van der Waals surface area contributed by atoms with Crippen LogP contribution in [-0.4, -0.2) is 32.0 Å². The molecule has 1 aromatic heterocycles. The molecule has 10 heteroatoms. The van der Waals surface area contributed by atoms with Gasteiger partial charge in [-0.05, 0) is 31.0 Å². The van der Waals surface area contributed by atoms with E-state index < -0.39 is 33.0 Å². The zero-order chi connectivity index (χ0) is 19.7. The molecule has 1 fully saturated rings. The van der Waals surface area contributed by atoms with Crippen molar-refractivity contribution in [2.24, 2.45) is 0 Å². The molecular weight excluding hydrogens is 397 g/mol. The first kappa shape index (κ1) is 19.5. The molecule has 144 valence electrons. The third-order valence-corrected chi connectivity index (χ3v) is 5.73. The van der Waals surface area contributed by atoms with Crippen LogP contribution in [0.25, 0.3) is 0 Å². The topological polar surface area (TPSA) is 97.4 Å². The van der Waals surface area contributed by atoms with Crippen LogP contribution in [-0.2, 0) is 20.6 Å². The maximum atomic E-state index is 13.9. The summed E-state index contributed by atoms with van der Waals surface area (Å²) in [6.07, 6.45) is 2.11. The molecule has 0 unspecified atom stereocenters. The van der Waals surface area contributed by atoms with E-state index in [-0.39, 0.29) is 10.6 Å². The van der Waals surface area contributed by atoms with E-state index in [4.69, 9.17) is 16.3 Å². The molecule has 2 N–H and O–H groups in total. The molecule has 1 aromatic carbocycles. The highest BCUT2D eigenvalue weighted by Crippen LogP contribution is 2.37. The molecule has 0 spiro atoms. The summed E-state index contributed by atoms with van der Waals surface area (Å²) < 4.78 is 46.0. The van der Waals surface area contributed by atoms with E-state index in [0.717, 1.165) is 6.07 Å². The quantitative estimate of drug-likeness (QED) is 0.726. The number of sulfonamides is 1. The van der Waals surface area contributed by atoms with Gasteiger partial charge in [-0.25, -0.2) is 17.8 Å². The van der Waals surface area contributed by atoms with Gasteiger partial charge < -0.3 is 10.1 Å². The minimum absolute atomic E-state index is 0.0255. The predicted molar refractivity (Wildman–Crippen MR) is 98.6 cm³/mol. The van der Waals surface area contributed by atoms with Gasteiger partial charge in [0.15, 0.2) is 0 Å². The number of halogens is 2. The van der Waals surface area contributed by atoms with Gasteiger partial charge in [0.25, 0.3) is 0 Å². The van der Waals surface area contributed by atoms with Gasteiger partial charge in [-0.15, -0.1) is 0 Å². The van der Waals surface area contributed by atoms with Crippen LogP contribution in [0.1, 0.15) is 18.4 Å². The summed E-state index contributed by atoms with van der Waals surface area (Å²) in [5, 5.41) is 2.80. The van der Waals surface area contributed by atoms with Crippen molar-refractivity contribution in [3.05, 3.63) is 52.9 Å². The number of anilines is 1. The van der Waals surface area contributed by atoms with Crippen LogP contribution in [0.5, 0.6) is 5.88 Å². The first-order valence-electron chi connectivity index (χ1n) is 8.00. The zero-order valence-corrected chi connectivity index (χ0v) is 15.9. The van der Waals surface area contributed by atoms with Gasteiger partial charge in [0.2, 0.25) is 21.8 Å². The van der Waals surface area contributed by atoms with Crippen LogP contribution in [0.4, 0.5) is 10.1 Å². The maximum absolute atomic E-state index is 13.9. The number of aromatic nitrogens is 1. The van der Waals surface area contributed by atoms with E-state index in [2.05, 4.69) is 15.0 Å². The standard InChI is InChI=1S/C17H17ClFN3O4S/c1-26-15-5-4-13(9-20-15)21-16(23)17(6-7-17)22-27(24,25)10-11-2-3-12(18)8-14(11)19/h2-5,8-9,22H,6-7,10H2,1H3,(H,21,23). The Kier molecular flexibility index (Phi) is 5.36. The first-order valence-corrected chi connectivity index (χ1v) is 10.0. The van der Waals surface area contributed by atoms with E-state index >= 15 is 0 Å². The van der Waals surface area contributed by atoms with Crippen LogP contribution in [0.2, 0.25) is 5.02 Å². The second-order valence-electron chi connectivity index (χ2n) is 6.22. The Morgan fingerprint density at radius 1 is 1.33 bits per heavy atom. The summed E-state index contributed by atoms with van der Waals surface area (Å²) in [7, 11) is -2.47. The van der Waals surface area contributed by atoms with E-state index in [0.29, 0.717) is 24.4 Å². The van der Waals surface area contributed by atoms with Crippen molar-refractivity contribution >= 4 is 33.2 Å². The Bertz CT molecular complexity index is 963. The van der Waals surface area contributed by atoms with E-state index in [9.17, 15) is 17.6 Å². The largest absolute Gasteiger partial charge is 0.481 e. The average molecular weight is 414 g/mol. The number of ether oxygens (including phenoxy) is 1. The predicted octanol–water partition coefficient (Wildman–Crippen LogP) is 2.47. The third-order valence-electron chi connectivity index (χ3n) is 4.10. The minimum atomic E-state index is -3.94. The number of hydrogen-bond acceptors (Lipinski definition) is 5. The highest BCUT2D eigenvalue weighted by molar-refractivity contribution is 7.88. The van der Waals surface area contributed by atoms with Gasteiger partial charge in [-0.3, -0.25) is 4.79 Å². The SMILES string of the molecule is COc1ccc(NC(=O)C2(NS(=O)(=O)Cc3ccc(Cl)cc3F)CC2)cn1. The van der Waals surface area contributed by atoms with Gasteiger partial charge in [0.1, 0.15) is 11.4 Å². The summed E-state index contributed by atoms with van der Waals surface area (Å²) in [4.78, 5) is 16.5. The number of nitrogens with zero attached hydrogens (tertiary/aromatic N) is 1. The van der Waals surface area contributed by atoms with Gasteiger partial charge in [0, 0.05) is 16.7 Å². The molecule has 3 rings (SSSR count). The fraction of sp³-hybridized carbons (Fsp3) is 0.294. The Hall–Kier alpha value is -2.23.